The Labute approximate surface area is 103 Å². The van der Waals surface area contributed by atoms with Crippen LogP contribution in [0.2, 0.25) is 0 Å². The van der Waals surface area contributed by atoms with Crippen molar-refractivity contribution in [1.82, 2.24) is 10.3 Å². The van der Waals surface area contributed by atoms with Crippen molar-refractivity contribution in [2.45, 2.75) is 19.8 Å². The van der Waals surface area contributed by atoms with Crippen molar-refractivity contribution in [2.75, 3.05) is 20.7 Å². The second kappa shape index (κ2) is 8.09. The number of halogens is 1. The van der Waals surface area contributed by atoms with Gasteiger partial charge in [-0.05, 0) is 22.4 Å². The van der Waals surface area contributed by atoms with E-state index in [1.165, 1.54) is 4.90 Å². The van der Waals surface area contributed by atoms with Gasteiger partial charge in [0.25, 0.3) is 0 Å². The number of hydrogen-bond donors (Lipinski definition) is 1. The average Bonchev–Trinajstić information content (AvgIpc) is 2.25. The maximum atomic E-state index is 11.2. The zero-order valence-corrected chi connectivity index (χ0v) is 11.2. The van der Waals surface area contributed by atoms with Gasteiger partial charge in [-0.15, -0.1) is 0 Å². The zero-order valence-electron chi connectivity index (χ0n) is 9.62. The molecule has 0 aliphatic rings. The van der Waals surface area contributed by atoms with Gasteiger partial charge in [-0.1, -0.05) is 13.3 Å². The van der Waals surface area contributed by atoms with Gasteiger partial charge in [-0.25, -0.2) is 15.0 Å². The molecule has 0 aromatic carbocycles. The van der Waals surface area contributed by atoms with Crippen molar-refractivity contribution in [2.24, 2.45) is 5.10 Å². The van der Waals surface area contributed by atoms with Crippen LogP contribution >= 0.6 is 15.9 Å². The molecule has 0 rings (SSSR count). The first-order chi connectivity index (χ1) is 7.49. The Morgan fingerprint density at radius 3 is 2.56 bits per heavy atom. The number of urea groups is 1. The van der Waals surface area contributed by atoms with E-state index in [-0.39, 0.29) is 4.62 Å². The largest absolute Gasteiger partial charge is 0.461 e. The Balaban J connectivity index is 4.02. The van der Waals surface area contributed by atoms with E-state index in [1.54, 1.807) is 14.1 Å². The zero-order chi connectivity index (χ0) is 12.6. The maximum Gasteiger partial charge on any atom is 0.366 e. The predicted octanol–water partition coefficient (Wildman–Crippen LogP) is 1.31. The molecule has 0 aromatic heterocycles. The SMILES string of the molecule is CCCCOC(=O)/C(Br)=N/NC(=O)N(C)C. The van der Waals surface area contributed by atoms with Crippen molar-refractivity contribution >= 4 is 32.6 Å². The molecule has 0 fully saturated rings. The average molecular weight is 294 g/mol. The smallest absolute Gasteiger partial charge is 0.366 e. The van der Waals surface area contributed by atoms with E-state index < -0.39 is 12.0 Å². The first-order valence-corrected chi connectivity index (χ1v) is 5.66. The summed E-state index contributed by atoms with van der Waals surface area (Å²) in [6, 6.07) is -0.418. The quantitative estimate of drug-likeness (QED) is 0.360. The number of hydrazone groups is 1. The minimum Gasteiger partial charge on any atom is -0.461 e. The van der Waals surface area contributed by atoms with Crippen LogP contribution in [0.25, 0.3) is 0 Å². The van der Waals surface area contributed by atoms with Crippen LogP contribution in [0.3, 0.4) is 0 Å². The fraction of sp³-hybridized carbons (Fsp3) is 0.667. The molecule has 6 nitrogen and oxygen atoms in total. The summed E-state index contributed by atoms with van der Waals surface area (Å²) in [5, 5.41) is 3.54. The third-order valence-electron chi connectivity index (χ3n) is 1.56. The Hall–Kier alpha value is -1.11. The molecule has 0 heterocycles. The van der Waals surface area contributed by atoms with Crippen LogP contribution in [0.5, 0.6) is 0 Å². The Morgan fingerprint density at radius 2 is 2.06 bits per heavy atom. The number of nitrogens with zero attached hydrogens (tertiary/aromatic N) is 2. The summed E-state index contributed by atoms with van der Waals surface area (Å²) in [4.78, 5) is 23.6. The molecule has 0 aromatic rings. The molecule has 92 valence electrons. The summed E-state index contributed by atoms with van der Waals surface area (Å²) in [6.45, 7) is 2.34. The summed E-state index contributed by atoms with van der Waals surface area (Å²) >= 11 is 2.92. The second-order valence-corrected chi connectivity index (χ2v) is 3.95. The van der Waals surface area contributed by atoms with Crippen molar-refractivity contribution < 1.29 is 14.3 Å². The van der Waals surface area contributed by atoms with E-state index in [4.69, 9.17) is 4.74 Å². The number of unbranched alkanes of at least 4 members (excludes halogenated alkanes) is 1. The summed E-state index contributed by atoms with van der Waals surface area (Å²) in [5.41, 5.74) is 2.18. The third-order valence-corrected chi connectivity index (χ3v) is 2.06. The van der Waals surface area contributed by atoms with E-state index in [1.807, 2.05) is 6.92 Å². The monoisotopic (exact) mass is 293 g/mol. The summed E-state index contributed by atoms with van der Waals surface area (Å²) in [6.07, 6.45) is 1.75. The molecule has 0 unspecified atom stereocenters. The molecular weight excluding hydrogens is 278 g/mol. The van der Waals surface area contributed by atoms with Crippen LogP contribution in [0.15, 0.2) is 5.10 Å². The van der Waals surface area contributed by atoms with E-state index >= 15 is 0 Å². The number of amides is 2. The minimum absolute atomic E-state index is 0.0567. The van der Waals surface area contributed by atoms with E-state index in [2.05, 4.69) is 26.5 Å². The lowest BCUT2D eigenvalue weighted by atomic mass is 10.4. The van der Waals surface area contributed by atoms with Gasteiger partial charge in [0.05, 0.1) is 6.61 Å². The van der Waals surface area contributed by atoms with Gasteiger partial charge in [0, 0.05) is 14.1 Å². The van der Waals surface area contributed by atoms with Gasteiger partial charge in [0.1, 0.15) is 0 Å². The van der Waals surface area contributed by atoms with Crippen molar-refractivity contribution in [3.8, 4) is 0 Å². The molecule has 2 amide bonds. The fourth-order valence-corrected chi connectivity index (χ4v) is 0.814. The molecular formula is C9H16BrN3O3. The molecule has 0 radical (unpaired) electrons. The molecule has 0 saturated heterocycles. The molecule has 0 aliphatic heterocycles. The van der Waals surface area contributed by atoms with Crippen LogP contribution in [0, 0.1) is 0 Å². The second-order valence-electron chi connectivity index (χ2n) is 3.20. The topological polar surface area (TPSA) is 71.0 Å². The third kappa shape index (κ3) is 6.39. The maximum absolute atomic E-state index is 11.2. The normalized spacial score (nSPS) is 10.9. The fourth-order valence-electron chi connectivity index (χ4n) is 0.611. The van der Waals surface area contributed by atoms with Gasteiger partial charge in [-0.3, -0.25) is 0 Å². The van der Waals surface area contributed by atoms with Crippen LogP contribution in [0.1, 0.15) is 19.8 Å². The number of hydrogen-bond acceptors (Lipinski definition) is 4. The molecule has 7 heteroatoms. The van der Waals surface area contributed by atoms with Gasteiger partial charge < -0.3 is 9.64 Å². The van der Waals surface area contributed by atoms with Crippen molar-refractivity contribution in [3.05, 3.63) is 0 Å². The lowest BCUT2D eigenvalue weighted by Gasteiger charge is -2.08. The number of esters is 1. The number of rotatable bonds is 5. The van der Waals surface area contributed by atoms with Crippen LogP contribution < -0.4 is 5.43 Å². The highest BCUT2D eigenvalue weighted by molar-refractivity contribution is 9.19. The minimum atomic E-state index is -0.590. The molecule has 0 bridgehead atoms. The lowest BCUT2D eigenvalue weighted by Crippen LogP contribution is -2.32. The van der Waals surface area contributed by atoms with Crippen molar-refractivity contribution in [1.29, 1.82) is 0 Å². The first kappa shape index (κ1) is 14.9. The molecule has 16 heavy (non-hydrogen) atoms. The highest BCUT2D eigenvalue weighted by Crippen LogP contribution is 1.96. The molecule has 0 aliphatic carbocycles. The number of ether oxygens (including phenoxy) is 1. The predicted molar refractivity (Wildman–Crippen MR) is 64.4 cm³/mol. The molecule has 0 saturated carbocycles. The van der Waals surface area contributed by atoms with E-state index in [9.17, 15) is 9.59 Å². The standard InChI is InChI=1S/C9H16BrN3O3/c1-4-5-6-16-8(14)7(10)11-12-9(15)13(2)3/h4-6H2,1-3H3,(H,12,15)/b11-7-. The Morgan fingerprint density at radius 1 is 1.44 bits per heavy atom. The highest BCUT2D eigenvalue weighted by atomic mass is 79.9. The first-order valence-electron chi connectivity index (χ1n) is 4.86. The van der Waals surface area contributed by atoms with Crippen LogP contribution in [-0.4, -0.2) is 42.2 Å². The van der Waals surface area contributed by atoms with Crippen LogP contribution in [0.4, 0.5) is 4.79 Å². The summed E-state index contributed by atoms with van der Waals surface area (Å²) in [7, 11) is 3.14. The number of carbonyl (C=O) groups excluding carboxylic acids is 2. The van der Waals surface area contributed by atoms with Gasteiger partial charge in [0.15, 0.2) is 0 Å². The Bertz CT molecular complexity index is 279. The molecule has 0 spiro atoms. The van der Waals surface area contributed by atoms with Gasteiger partial charge >= 0.3 is 12.0 Å². The highest BCUT2D eigenvalue weighted by Gasteiger charge is 2.10. The number of nitrogens with one attached hydrogen (secondary N) is 1. The van der Waals surface area contributed by atoms with Crippen molar-refractivity contribution in [3.63, 3.8) is 0 Å². The summed E-state index contributed by atoms with van der Waals surface area (Å²) in [5.74, 6) is -0.590. The van der Waals surface area contributed by atoms with Crippen LogP contribution in [-0.2, 0) is 9.53 Å². The van der Waals surface area contributed by atoms with Gasteiger partial charge in [0.2, 0.25) is 4.62 Å². The van der Waals surface area contributed by atoms with E-state index in [0.29, 0.717) is 6.61 Å². The van der Waals surface area contributed by atoms with Gasteiger partial charge in [-0.2, -0.15) is 5.10 Å². The molecule has 0 atom stereocenters. The van der Waals surface area contributed by atoms with E-state index in [0.717, 1.165) is 12.8 Å². The lowest BCUT2D eigenvalue weighted by molar-refractivity contribution is -0.135. The Kier molecular flexibility index (Phi) is 7.53. The molecule has 1 N–H and O–H groups in total. The number of carbonyl (C=O) groups is 2. The summed E-state index contributed by atoms with van der Waals surface area (Å²) < 4.78 is 4.80.